The predicted molar refractivity (Wildman–Crippen MR) is 82.3 cm³/mol. The van der Waals surface area contributed by atoms with Crippen molar-refractivity contribution in [2.24, 2.45) is 5.73 Å². The van der Waals surface area contributed by atoms with Gasteiger partial charge in [-0.05, 0) is 56.0 Å². The SMILES string of the molecule is Cc1c(C(C)C)ccc2c1C(N1CCCC1)C(N)CO2. The molecule has 2 aliphatic rings. The third kappa shape index (κ3) is 2.23. The summed E-state index contributed by atoms with van der Waals surface area (Å²) >= 11 is 0. The van der Waals surface area contributed by atoms with E-state index in [-0.39, 0.29) is 6.04 Å². The molecule has 0 radical (unpaired) electrons. The Hall–Kier alpha value is -1.06. The van der Waals surface area contributed by atoms with Crippen LogP contribution in [0, 0.1) is 6.92 Å². The van der Waals surface area contributed by atoms with E-state index in [2.05, 4.69) is 37.8 Å². The van der Waals surface area contributed by atoms with Gasteiger partial charge in [-0.2, -0.15) is 0 Å². The molecule has 110 valence electrons. The van der Waals surface area contributed by atoms with Crippen molar-refractivity contribution >= 4 is 0 Å². The number of fused-ring (bicyclic) bond motifs is 1. The van der Waals surface area contributed by atoms with Crippen LogP contribution in [0.25, 0.3) is 0 Å². The van der Waals surface area contributed by atoms with Crippen molar-refractivity contribution in [2.45, 2.75) is 51.6 Å². The van der Waals surface area contributed by atoms with Crippen LogP contribution in [-0.2, 0) is 0 Å². The summed E-state index contributed by atoms with van der Waals surface area (Å²) < 4.78 is 5.89. The van der Waals surface area contributed by atoms with E-state index in [0.717, 1.165) is 5.75 Å². The minimum Gasteiger partial charge on any atom is -0.492 e. The van der Waals surface area contributed by atoms with Gasteiger partial charge in [-0.15, -0.1) is 0 Å². The van der Waals surface area contributed by atoms with Gasteiger partial charge in [0, 0.05) is 5.56 Å². The molecule has 0 aromatic heterocycles. The molecule has 20 heavy (non-hydrogen) atoms. The molecular weight excluding hydrogens is 248 g/mol. The summed E-state index contributed by atoms with van der Waals surface area (Å²) in [4.78, 5) is 2.56. The van der Waals surface area contributed by atoms with E-state index in [0.29, 0.717) is 18.6 Å². The van der Waals surface area contributed by atoms with E-state index in [4.69, 9.17) is 10.5 Å². The van der Waals surface area contributed by atoms with E-state index >= 15 is 0 Å². The summed E-state index contributed by atoms with van der Waals surface area (Å²) in [6.45, 7) is 9.71. The monoisotopic (exact) mass is 274 g/mol. The fraction of sp³-hybridized carbons (Fsp3) is 0.647. The normalized spacial score (nSPS) is 26.6. The molecule has 1 fully saturated rings. The molecule has 3 nitrogen and oxygen atoms in total. The van der Waals surface area contributed by atoms with Gasteiger partial charge < -0.3 is 10.5 Å². The molecule has 0 spiro atoms. The van der Waals surface area contributed by atoms with E-state index in [9.17, 15) is 0 Å². The molecule has 0 aliphatic carbocycles. The Morgan fingerprint density at radius 3 is 2.60 bits per heavy atom. The van der Waals surface area contributed by atoms with Crippen LogP contribution >= 0.6 is 0 Å². The summed E-state index contributed by atoms with van der Waals surface area (Å²) in [5, 5.41) is 0. The number of rotatable bonds is 2. The molecule has 1 saturated heterocycles. The maximum atomic E-state index is 6.40. The number of nitrogens with zero attached hydrogens (tertiary/aromatic N) is 1. The summed E-state index contributed by atoms with van der Waals surface area (Å²) in [5.74, 6) is 1.59. The zero-order valence-electron chi connectivity index (χ0n) is 12.9. The predicted octanol–water partition coefficient (Wildman–Crippen LogP) is 2.98. The van der Waals surface area contributed by atoms with Crippen molar-refractivity contribution in [3.63, 3.8) is 0 Å². The number of hydrogen-bond acceptors (Lipinski definition) is 3. The van der Waals surface area contributed by atoms with E-state index in [1.165, 1.54) is 42.6 Å². The molecule has 2 aliphatic heterocycles. The molecule has 2 heterocycles. The summed E-state index contributed by atoms with van der Waals surface area (Å²) in [5.41, 5.74) is 10.5. The average molecular weight is 274 g/mol. The molecule has 1 aromatic rings. The number of hydrogen-bond donors (Lipinski definition) is 1. The summed E-state index contributed by atoms with van der Waals surface area (Å²) in [7, 11) is 0. The van der Waals surface area contributed by atoms with Crippen LogP contribution in [0.15, 0.2) is 12.1 Å². The smallest absolute Gasteiger partial charge is 0.124 e. The Morgan fingerprint density at radius 1 is 1.25 bits per heavy atom. The summed E-state index contributed by atoms with van der Waals surface area (Å²) in [6.07, 6.45) is 2.59. The number of nitrogens with two attached hydrogens (primary N) is 1. The van der Waals surface area contributed by atoms with Crippen molar-refractivity contribution in [1.29, 1.82) is 0 Å². The highest BCUT2D eigenvalue weighted by Gasteiger charge is 2.36. The minimum absolute atomic E-state index is 0.0849. The van der Waals surface area contributed by atoms with E-state index in [1.54, 1.807) is 0 Å². The number of ether oxygens (including phenoxy) is 1. The molecule has 0 amide bonds. The first-order valence-electron chi connectivity index (χ1n) is 7.85. The molecule has 3 rings (SSSR count). The average Bonchev–Trinajstić information content (AvgIpc) is 2.92. The Balaban J connectivity index is 2.07. The lowest BCUT2D eigenvalue weighted by Gasteiger charge is -2.39. The quantitative estimate of drug-likeness (QED) is 0.901. The van der Waals surface area contributed by atoms with Crippen LogP contribution in [0.4, 0.5) is 0 Å². The fourth-order valence-corrected chi connectivity index (χ4v) is 3.80. The van der Waals surface area contributed by atoms with Crippen LogP contribution in [0.2, 0.25) is 0 Å². The van der Waals surface area contributed by atoms with E-state index < -0.39 is 0 Å². The third-order valence-corrected chi connectivity index (χ3v) is 4.81. The molecular formula is C17H26N2O. The van der Waals surface area contributed by atoms with Crippen molar-refractivity contribution in [1.82, 2.24) is 4.90 Å². The second-order valence-electron chi connectivity index (χ2n) is 6.51. The lowest BCUT2D eigenvalue weighted by atomic mass is 9.86. The van der Waals surface area contributed by atoms with Crippen LogP contribution in [0.3, 0.4) is 0 Å². The van der Waals surface area contributed by atoms with Crippen molar-refractivity contribution in [3.05, 3.63) is 28.8 Å². The Labute approximate surface area is 122 Å². The third-order valence-electron chi connectivity index (χ3n) is 4.81. The summed E-state index contributed by atoms with van der Waals surface area (Å²) in [6, 6.07) is 4.78. The lowest BCUT2D eigenvalue weighted by Crippen LogP contribution is -2.46. The molecule has 0 saturated carbocycles. The van der Waals surface area contributed by atoms with Gasteiger partial charge in [-0.3, -0.25) is 4.90 Å². The first-order chi connectivity index (χ1) is 9.59. The Bertz CT molecular complexity index is 492. The van der Waals surface area contributed by atoms with Gasteiger partial charge in [0.05, 0.1) is 12.1 Å². The molecule has 1 aromatic carbocycles. The van der Waals surface area contributed by atoms with Crippen LogP contribution in [0.5, 0.6) is 5.75 Å². The molecule has 2 atom stereocenters. The minimum atomic E-state index is 0.0849. The Kier molecular flexibility index (Phi) is 3.74. The largest absolute Gasteiger partial charge is 0.492 e. The van der Waals surface area contributed by atoms with Crippen LogP contribution in [0.1, 0.15) is 55.3 Å². The number of likely N-dealkylation sites (tertiary alicyclic amines) is 1. The highest BCUT2D eigenvalue weighted by molar-refractivity contribution is 5.49. The highest BCUT2D eigenvalue weighted by atomic mass is 16.5. The fourth-order valence-electron chi connectivity index (χ4n) is 3.80. The first kappa shape index (κ1) is 13.9. The van der Waals surface area contributed by atoms with Crippen LogP contribution < -0.4 is 10.5 Å². The van der Waals surface area contributed by atoms with Crippen molar-refractivity contribution in [3.8, 4) is 5.75 Å². The Morgan fingerprint density at radius 2 is 1.95 bits per heavy atom. The van der Waals surface area contributed by atoms with Gasteiger partial charge in [0.1, 0.15) is 12.4 Å². The second-order valence-corrected chi connectivity index (χ2v) is 6.51. The van der Waals surface area contributed by atoms with Gasteiger partial charge in [0.25, 0.3) is 0 Å². The van der Waals surface area contributed by atoms with Gasteiger partial charge in [0.2, 0.25) is 0 Å². The van der Waals surface area contributed by atoms with Gasteiger partial charge in [-0.25, -0.2) is 0 Å². The van der Waals surface area contributed by atoms with Gasteiger partial charge in [0.15, 0.2) is 0 Å². The topological polar surface area (TPSA) is 38.5 Å². The van der Waals surface area contributed by atoms with Crippen LogP contribution in [-0.4, -0.2) is 30.6 Å². The zero-order valence-corrected chi connectivity index (χ0v) is 12.9. The van der Waals surface area contributed by atoms with Crippen molar-refractivity contribution < 1.29 is 4.74 Å². The first-order valence-corrected chi connectivity index (χ1v) is 7.85. The molecule has 2 unspecified atom stereocenters. The van der Waals surface area contributed by atoms with E-state index in [1.807, 2.05) is 0 Å². The van der Waals surface area contributed by atoms with Crippen molar-refractivity contribution in [2.75, 3.05) is 19.7 Å². The zero-order chi connectivity index (χ0) is 14.3. The molecule has 0 bridgehead atoms. The lowest BCUT2D eigenvalue weighted by molar-refractivity contribution is 0.140. The second kappa shape index (κ2) is 5.38. The van der Waals surface area contributed by atoms with Gasteiger partial charge in [-0.1, -0.05) is 19.9 Å². The van der Waals surface area contributed by atoms with Gasteiger partial charge >= 0.3 is 0 Å². The molecule has 3 heteroatoms. The molecule has 2 N–H and O–H groups in total. The standard InChI is InChI=1S/C17H26N2O/c1-11(2)13-6-7-15-16(12(13)3)17(14(18)10-20-15)19-8-4-5-9-19/h6-7,11,14,17H,4-5,8-10,18H2,1-3H3. The number of benzene rings is 1. The highest BCUT2D eigenvalue weighted by Crippen LogP contribution is 2.41. The maximum Gasteiger partial charge on any atom is 0.124 e. The maximum absolute atomic E-state index is 6.40.